The fourth-order valence-electron chi connectivity index (χ4n) is 1.29. The van der Waals surface area contributed by atoms with Crippen LogP contribution in [0.5, 0.6) is 0 Å². The number of hydrogen-bond acceptors (Lipinski definition) is 2. The zero-order valence-corrected chi connectivity index (χ0v) is 9.54. The molecule has 0 bridgehead atoms. The molecule has 5 nitrogen and oxygen atoms in total. The molecule has 0 aromatic carbocycles. The maximum atomic E-state index is 12.2. The van der Waals surface area contributed by atoms with E-state index in [1.54, 1.807) is 14.1 Å². The standard InChI is InChI=1S/C9H14F3N5/c1-13-8(14-2)16-5-7-15-3-4-17(7)6-9(10,11)12/h3-4H,5-6H2,1-2H3,(H2,13,14,16). The molecule has 0 atom stereocenters. The van der Waals surface area contributed by atoms with Crippen LogP contribution in [-0.4, -0.2) is 35.8 Å². The molecule has 0 radical (unpaired) electrons. The lowest BCUT2D eigenvalue weighted by Gasteiger charge is -2.12. The van der Waals surface area contributed by atoms with Gasteiger partial charge in [-0.2, -0.15) is 13.2 Å². The highest BCUT2D eigenvalue weighted by Crippen LogP contribution is 2.18. The zero-order chi connectivity index (χ0) is 12.9. The van der Waals surface area contributed by atoms with Crippen molar-refractivity contribution < 1.29 is 13.2 Å². The van der Waals surface area contributed by atoms with Gasteiger partial charge in [0.15, 0.2) is 5.96 Å². The quantitative estimate of drug-likeness (QED) is 0.613. The highest BCUT2D eigenvalue weighted by molar-refractivity contribution is 5.79. The average Bonchev–Trinajstić information content (AvgIpc) is 2.65. The van der Waals surface area contributed by atoms with Crippen LogP contribution in [0.2, 0.25) is 0 Å². The molecule has 0 amide bonds. The Kier molecular flexibility index (Phi) is 4.36. The minimum Gasteiger partial charge on any atom is -0.359 e. The van der Waals surface area contributed by atoms with E-state index in [1.165, 1.54) is 12.4 Å². The summed E-state index contributed by atoms with van der Waals surface area (Å²) in [4.78, 5) is 7.70. The van der Waals surface area contributed by atoms with Crippen molar-refractivity contribution in [3.05, 3.63) is 18.2 Å². The third-order valence-corrected chi connectivity index (χ3v) is 2.03. The number of nitrogens with zero attached hydrogens (tertiary/aromatic N) is 3. The van der Waals surface area contributed by atoms with Crippen molar-refractivity contribution in [1.29, 1.82) is 0 Å². The predicted molar refractivity (Wildman–Crippen MR) is 57.5 cm³/mol. The summed E-state index contributed by atoms with van der Waals surface area (Å²) in [6.07, 6.45) is -1.61. The fourth-order valence-corrected chi connectivity index (χ4v) is 1.29. The van der Waals surface area contributed by atoms with Gasteiger partial charge in [0, 0.05) is 26.5 Å². The zero-order valence-electron chi connectivity index (χ0n) is 9.54. The van der Waals surface area contributed by atoms with Gasteiger partial charge in [-0.1, -0.05) is 0 Å². The highest BCUT2D eigenvalue weighted by Gasteiger charge is 2.28. The van der Waals surface area contributed by atoms with Gasteiger partial charge in [0.2, 0.25) is 0 Å². The van der Waals surface area contributed by atoms with Gasteiger partial charge >= 0.3 is 6.18 Å². The van der Waals surface area contributed by atoms with Crippen molar-refractivity contribution in [2.75, 3.05) is 14.1 Å². The normalized spacial score (nSPS) is 12.6. The lowest BCUT2D eigenvalue weighted by Crippen LogP contribution is -2.35. The molecule has 0 saturated carbocycles. The van der Waals surface area contributed by atoms with E-state index in [9.17, 15) is 13.2 Å². The van der Waals surface area contributed by atoms with Gasteiger partial charge in [-0.3, -0.25) is 4.99 Å². The maximum Gasteiger partial charge on any atom is 0.406 e. The second kappa shape index (κ2) is 5.55. The molecular formula is C9H14F3N5. The summed E-state index contributed by atoms with van der Waals surface area (Å²) < 4.78 is 37.7. The summed E-state index contributed by atoms with van der Waals surface area (Å²) in [5.41, 5.74) is 0. The van der Waals surface area contributed by atoms with E-state index in [0.717, 1.165) is 4.57 Å². The molecule has 0 aliphatic carbocycles. The Balaban J connectivity index is 2.63. The summed E-state index contributed by atoms with van der Waals surface area (Å²) >= 11 is 0. The number of aromatic nitrogens is 2. The number of alkyl halides is 3. The van der Waals surface area contributed by atoms with Crippen LogP contribution in [0.1, 0.15) is 5.82 Å². The number of halogens is 3. The second-order valence-corrected chi connectivity index (χ2v) is 3.26. The lowest BCUT2D eigenvalue weighted by atomic mass is 10.5. The van der Waals surface area contributed by atoms with Gasteiger partial charge in [-0.15, -0.1) is 0 Å². The molecular weight excluding hydrogens is 235 g/mol. The first-order valence-corrected chi connectivity index (χ1v) is 4.91. The first kappa shape index (κ1) is 13.3. The fraction of sp³-hybridized carbons (Fsp3) is 0.556. The summed E-state index contributed by atoms with van der Waals surface area (Å²) in [7, 11) is 3.23. The Bertz CT molecular complexity index is 382. The lowest BCUT2D eigenvalue weighted by molar-refractivity contribution is -0.141. The Labute approximate surface area is 96.8 Å². The third-order valence-electron chi connectivity index (χ3n) is 2.03. The number of hydrogen-bond donors (Lipinski definition) is 2. The molecule has 2 N–H and O–H groups in total. The van der Waals surface area contributed by atoms with E-state index < -0.39 is 12.7 Å². The van der Waals surface area contributed by atoms with E-state index in [2.05, 4.69) is 20.6 Å². The van der Waals surface area contributed by atoms with Crippen LogP contribution in [0.25, 0.3) is 0 Å². The molecule has 0 fully saturated rings. The largest absolute Gasteiger partial charge is 0.406 e. The molecule has 8 heteroatoms. The van der Waals surface area contributed by atoms with Crippen molar-refractivity contribution in [2.24, 2.45) is 4.99 Å². The van der Waals surface area contributed by atoms with Gasteiger partial charge in [0.05, 0.1) is 6.54 Å². The molecule has 96 valence electrons. The van der Waals surface area contributed by atoms with Crippen LogP contribution in [0.15, 0.2) is 17.4 Å². The smallest absolute Gasteiger partial charge is 0.359 e. The van der Waals surface area contributed by atoms with Gasteiger partial charge in [0.25, 0.3) is 0 Å². The van der Waals surface area contributed by atoms with Crippen molar-refractivity contribution in [2.45, 2.75) is 19.3 Å². The van der Waals surface area contributed by atoms with E-state index >= 15 is 0 Å². The molecule has 17 heavy (non-hydrogen) atoms. The molecule has 0 unspecified atom stereocenters. The minimum atomic E-state index is -4.25. The van der Waals surface area contributed by atoms with Crippen LogP contribution in [-0.2, 0) is 13.1 Å². The molecule has 0 aliphatic rings. The van der Waals surface area contributed by atoms with E-state index in [-0.39, 0.29) is 6.54 Å². The monoisotopic (exact) mass is 249 g/mol. The molecule has 0 saturated heterocycles. The van der Waals surface area contributed by atoms with Gasteiger partial charge in [0.1, 0.15) is 12.4 Å². The Morgan fingerprint density at radius 2 is 2.24 bits per heavy atom. The number of rotatable bonds is 3. The summed E-state index contributed by atoms with van der Waals surface area (Å²) in [6, 6.07) is 0. The molecule has 1 heterocycles. The number of nitrogens with one attached hydrogen (secondary N) is 2. The number of imidazole rings is 1. The summed E-state index contributed by atoms with van der Waals surface area (Å²) in [6.45, 7) is -0.862. The van der Waals surface area contributed by atoms with Crippen LogP contribution < -0.4 is 10.6 Å². The topological polar surface area (TPSA) is 54.2 Å². The van der Waals surface area contributed by atoms with Crippen molar-refractivity contribution >= 4 is 5.96 Å². The molecule has 1 aromatic rings. The molecule has 1 rings (SSSR count). The van der Waals surface area contributed by atoms with Crippen molar-refractivity contribution in [1.82, 2.24) is 20.2 Å². The SMILES string of the molecule is CN=C(NC)NCc1nccn1CC(F)(F)F. The van der Waals surface area contributed by atoms with Gasteiger partial charge in [-0.05, 0) is 0 Å². The van der Waals surface area contributed by atoms with Gasteiger partial charge in [-0.25, -0.2) is 4.98 Å². The van der Waals surface area contributed by atoms with Crippen LogP contribution >= 0.6 is 0 Å². The van der Waals surface area contributed by atoms with E-state index in [1.807, 2.05) is 0 Å². The van der Waals surface area contributed by atoms with Gasteiger partial charge < -0.3 is 15.2 Å². The highest BCUT2D eigenvalue weighted by atomic mass is 19.4. The summed E-state index contributed by atoms with van der Waals surface area (Å²) in [5.74, 6) is 0.797. The van der Waals surface area contributed by atoms with E-state index in [0.29, 0.717) is 11.8 Å². The first-order chi connectivity index (χ1) is 7.96. The molecule has 0 spiro atoms. The summed E-state index contributed by atoms with van der Waals surface area (Å²) in [5, 5.41) is 5.60. The Morgan fingerprint density at radius 3 is 2.76 bits per heavy atom. The van der Waals surface area contributed by atoms with E-state index in [4.69, 9.17) is 0 Å². The third kappa shape index (κ3) is 4.33. The maximum absolute atomic E-state index is 12.2. The second-order valence-electron chi connectivity index (χ2n) is 3.26. The number of guanidine groups is 1. The predicted octanol–water partition coefficient (Wildman–Crippen LogP) is 0.740. The first-order valence-electron chi connectivity index (χ1n) is 4.91. The minimum absolute atomic E-state index is 0.177. The van der Waals surface area contributed by atoms with Crippen LogP contribution in [0.4, 0.5) is 13.2 Å². The van der Waals surface area contributed by atoms with Crippen molar-refractivity contribution in [3.63, 3.8) is 0 Å². The Morgan fingerprint density at radius 1 is 1.53 bits per heavy atom. The molecule has 1 aromatic heterocycles. The van der Waals surface area contributed by atoms with Crippen molar-refractivity contribution in [3.8, 4) is 0 Å². The number of aliphatic imine (C=N–C) groups is 1. The Hall–Kier alpha value is -1.73. The van der Waals surface area contributed by atoms with Crippen LogP contribution in [0, 0.1) is 0 Å². The molecule has 0 aliphatic heterocycles. The average molecular weight is 249 g/mol. The van der Waals surface area contributed by atoms with Crippen LogP contribution in [0.3, 0.4) is 0 Å².